The highest BCUT2D eigenvalue weighted by atomic mass is 15.2. The van der Waals surface area contributed by atoms with E-state index in [1.165, 1.54) is 83.5 Å². The maximum atomic E-state index is 2.60. The van der Waals surface area contributed by atoms with Gasteiger partial charge in [-0.25, -0.2) is 0 Å². The second-order valence-electron chi connectivity index (χ2n) is 17.3. The number of nitrogens with zero attached hydrogens (tertiary/aromatic N) is 2. The van der Waals surface area contributed by atoms with Crippen molar-refractivity contribution in [1.29, 1.82) is 0 Å². The van der Waals surface area contributed by atoms with E-state index in [1.54, 1.807) is 0 Å². The lowest BCUT2D eigenvalue weighted by molar-refractivity contribution is 0.561. The summed E-state index contributed by atoms with van der Waals surface area (Å²) >= 11 is 0. The first-order valence-corrected chi connectivity index (χ1v) is 20.7. The molecule has 280 valence electrons. The largest absolute Gasteiger partial charge is 0.334 e. The molecule has 0 fully saturated rings. The van der Waals surface area contributed by atoms with E-state index in [0.29, 0.717) is 0 Å². The first-order valence-electron chi connectivity index (χ1n) is 20.7. The van der Waals surface area contributed by atoms with Crippen LogP contribution in [-0.2, 0) is 10.8 Å². The summed E-state index contributed by atoms with van der Waals surface area (Å²) in [5, 5.41) is 2.56. The van der Waals surface area contributed by atoms with Gasteiger partial charge in [0, 0.05) is 39.0 Å². The number of fused-ring (bicyclic) bond motifs is 9. The molecule has 0 aromatic heterocycles. The molecule has 0 radical (unpaired) electrons. The fourth-order valence-electron chi connectivity index (χ4n) is 10.6. The first kappa shape index (κ1) is 34.6. The quantitative estimate of drug-likeness (QED) is 0.167. The SMILES string of the molecule is CC1(C)C2=C(c3ccccc3C(N(c3ccccc3)c3ccccc3)C2)c2cc3c(cc21)-c1c(cc(N(c2ccccc2)c2ccccc2)c2ccccc12)C3(C)C. The van der Waals surface area contributed by atoms with Crippen LogP contribution in [0, 0.1) is 0 Å². The minimum Gasteiger partial charge on any atom is -0.334 e. The molecule has 1 unspecified atom stereocenters. The molecule has 0 saturated carbocycles. The number of benzene rings is 8. The molecule has 0 saturated heterocycles. The Balaban J connectivity index is 1.10. The van der Waals surface area contributed by atoms with Gasteiger partial charge in [-0.3, -0.25) is 0 Å². The van der Waals surface area contributed by atoms with Gasteiger partial charge < -0.3 is 9.80 Å². The molecule has 0 aliphatic heterocycles. The van der Waals surface area contributed by atoms with Crippen LogP contribution in [-0.4, -0.2) is 0 Å². The number of rotatable bonds is 6. The molecule has 0 spiro atoms. The van der Waals surface area contributed by atoms with Crippen molar-refractivity contribution in [2.45, 2.75) is 51.0 Å². The van der Waals surface area contributed by atoms with E-state index in [2.05, 4.69) is 226 Å². The van der Waals surface area contributed by atoms with Crippen molar-refractivity contribution in [3.05, 3.63) is 227 Å². The van der Waals surface area contributed by atoms with Gasteiger partial charge in [0.1, 0.15) is 0 Å². The summed E-state index contributed by atoms with van der Waals surface area (Å²) in [7, 11) is 0. The van der Waals surface area contributed by atoms with Crippen molar-refractivity contribution in [2.24, 2.45) is 0 Å². The van der Waals surface area contributed by atoms with Crippen LogP contribution in [0.2, 0.25) is 0 Å². The van der Waals surface area contributed by atoms with Crippen LogP contribution in [0.1, 0.15) is 73.5 Å². The topological polar surface area (TPSA) is 6.48 Å². The third kappa shape index (κ3) is 5.04. The van der Waals surface area contributed by atoms with E-state index < -0.39 is 0 Å². The molecule has 0 N–H and O–H groups in total. The van der Waals surface area contributed by atoms with Crippen LogP contribution in [0.4, 0.5) is 28.4 Å². The van der Waals surface area contributed by atoms with Crippen molar-refractivity contribution in [1.82, 2.24) is 0 Å². The normalized spacial score (nSPS) is 16.6. The second-order valence-corrected chi connectivity index (χ2v) is 17.3. The van der Waals surface area contributed by atoms with Crippen LogP contribution < -0.4 is 9.80 Å². The average molecular weight is 747 g/mol. The van der Waals surface area contributed by atoms with Gasteiger partial charge in [-0.15, -0.1) is 0 Å². The van der Waals surface area contributed by atoms with Crippen molar-refractivity contribution < 1.29 is 0 Å². The van der Waals surface area contributed by atoms with Crippen molar-refractivity contribution >= 4 is 44.8 Å². The summed E-state index contributed by atoms with van der Waals surface area (Å²) < 4.78 is 0. The zero-order chi connectivity index (χ0) is 39.2. The Bertz CT molecular complexity index is 2830. The average Bonchev–Trinajstić information content (AvgIpc) is 3.63. The summed E-state index contributed by atoms with van der Waals surface area (Å²) in [6, 6.07) is 69.7. The first-order chi connectivity index (χ1) is 28.3. The molecular formula is C56H46N2. The highest BCUT2D eigenvalue weighted by Gasteiger charge is 2.47. The number of hydrogen-bond donors (Lipinski definition) is 0. The molecule has 58 heavy (non-hydrogen) atoms. The zero-order valence-corrected chi connectivity index (χ0v) is 33.6. The Morgan fingerprint density at radius 1 is 0.431 bits per heavy atom. The van der Waals surface area contributed by atoms with E-state index in [9.17, 15) is 0 Å². The van der Waals surface area contributed by atoms with Gasteiger partial charge in [-0.1, -0.05) is 149 Å². The molecular weight excluding hydrogens is 701 g/mol. The van der Waals surface area contributed by atoms with Gasteiger partial charge in [-0.05, 0) is 134 Å². The fraction of sp³-hybridized carbons (Fsp3) is 0.143. The number of hydrogen-bond acceptors (Lipinski definition) is 2. The summed E-state index contributed by atoms with van der Waals surface area (Å²) in [6.07, 6.45) is 0.948. The Morgan fingerprint density at radius 3 is 1.52 bits per heavy atom. The monoisotopic (exact) mass is 746 g/mol. The third-order valence-electron chi connectivity index (χ3n) is 13.4. The van der Waals surface area contributed by atoms with E-state index in [0.717, 1.165) is 17.8 Å². The van der Waals surface area contributed by atoms with Gasteiger partial charge in [0.15, 0.2) is 0 Å². The minimum absolute atomic E-state index is 0.150. The summed E-state index contributed by atoms with van der Waals surface area (Å²) in [5.74, 6) is 0. The minimum atomic E-state index is -0.223. The molecule has 3 aliphatic carbocycles. The van der Waals surface area contributed by atoms with Gasteiger partial charge in [-0.2, -0.15) is 0 Å². The smallest absolute Gasteiger partial charge is 0.0635 e. The van der Waals surface area contributed by atoms with Crippen molar-refractivity contribution in [3.63, 3.8) is 0 Å². The van der Waals surface area contributed by atoms with Crippen LogP contribution >= 0.6 is 0 Å². The molecule has 3 aliphatic rings. The van der Waals surface area contributed by atoms with Crippen molar-refractivity contribution in [3.8, 4) is 11.1 Å². The highest BCUT2D eigenvalue weighted by Crippen LogP contribution is 2.61. The molecule has 1 atom stereocenters. The van der Waals surface area contributed by atoms with Crippen LogP contribution in [0.15, 0.2) is 194 Å². The maximum absolute atomic E-state index is 2.60. The van der Waals surface area contributed by atoms with Crippen LogP contribution in [0.25, 0.3) is 27.5 Å². The second kappa shape index (κ2) is 12.9. The Hall–Kier alpha value is -6.64. The summed E-state index contributed by atoms with van der Waals surface area (Å²) in [4.78, 5) is 5.00. The summed E-state index contributed by atoms with van der Waals surface area (Å²) in [5.41, 5.74) is 19.7. The van der Waals surface area contributed by atoms with E-state index in [1.807, 2.05) is 0 Å². The molecule has 8 aromatic rings. The molecule has 0 amide bonds. The zero-order valence-electron chi connectivity index (χ0n) is 33.6. The molecule has 8 aromatic carbocycles. The Morgan fingerprint density at radius 2 is 0.914 bits per heavy atom. The van der Waals surface area contributed by atoms with E-state index >= 15 is 0 Å². The van der Waals surface area contributed by atoms with E-state index in [-0.39, 0.29) is 16.9 Å². The predicted octanol–water partition coefficient (Wildman–Crippen LogP) is 15.0. The van der Waals surface area contributed by atoms with E-state index in [4.69, 9.17) is 0 Å². The fourth-order valence-corrected chi connectivity index (χ4v) is 10.6. The molecule has 2 nitrogen and oxygen atoms in total. The highest BCUT2D eigenvalue weighted by molar-refractivity contribution is 6.10. The molecule has 0 heterocycles. The van der Waals surface area contributed by atoms with Crippen LogP contribution in [0.3, 0.4) is 0 Å². The molecule has 11 rings (SSSR count). The maximum Gasteiger partial charge on any atom is 0.0635 e. The van der Waals surface area contributed by atoms with Gasteiger partial charge in [0.2, 0.25) is 0 Å². The van der Waals surface area contributed by atoms with Gasteiger partial charge >= 0.3 is 0 Å². The van der Waals surface area contributed by atoms with Crippen molar-refractivity contribution in [2.75, 3.05) is 9.80 Å². The third-order valence-corrected chi connectivity index (χ3v) is 13.4. The number of para-hydroxylation sites is 4. The lowest BCUT2D eigenvalue weighted by Gasteiger charge is -2.40. The van der Waals surface area contributed by atoms with Gasteiger partial charge in [0.25, 0.3) is 0 Å². The lowest BCUT2D eigenvalue weighted by Crippen LogP contribution is -2.30. The van der Waals surface area contributed by atoms with Gasteiger partial charge in [0.05, 0.1) is 11.7 Å². The summed E-state index contributed by atoms with van der Waals surface area (Å²) in [6.45, 7) is 9.83. The Labute approximate surface area is 342 Å². The molecule has 0 bridgehead atoms. The molecule has 2 heteroatoms. The van der Waals surface area contributed by atoms with Crippen LogP contribution in [0.5, 0.6) is 0 Å². The number of anilines is 5. The lowest BCUT2D eigenvalue weighted by atomic mass is 9.74. The Kier molecular flexibility index (Phi) is 7.72. The predicted molar refractivity (Wildman–Crippen MR) is 244 cm³/mol. The standard InChI is InChI=1S/C56H46N2/c1-55(2)47-33-46-48(34-45(47)53-43-31-19-17-29-41(43)51(35-49(53)55)57(37-21-9-5-10-22-37)38-23-11-6-12-24-38)56(3,4)50-36-52(42-30-18-20-32-44(42)54(46)50)58(39-25-13-7-14-26-39)40-27-15-8-16-28-40/h5-35,52H,36H2,1-4H3.